The molecule has 1 N–H and O–H groups in total. The van der Waals surface area contributed by atoms with Crippen LogP contribution in [0.3, 0.4) is 0 Å². The second kappa shape index (κ2) is 12.7. The Labute approximate surface area is 234 Å². The van der Waals surface area contributed by atoms with Crippen molar-refractivity contribution < 1.29 is 35.8 Å². The average Bonchev–Trinajstić information content (AvgIpc) is 2.97. The van der Waals surface area contributed by atoms with Crippen LogP contribution in [0.2, 0.25) is 0 Å². The summed E-state index contributed by atoms with van der Waals surface area (Å²) in [6.45, 7) is 2.69. The number of hydrogen-bond donors (Lipinski definition) is 1. The van der Waals surface area contributed by atoms with Gasteiger partial charge in [0.2, 0.25) is 15.9 Å². The lowest BCUT2D eigenvalue weighted by molar-refractivity contribution is -0.114. The molecule has 0 radical (unpaired) electrons. The summed E-state index contributed by atoms with van der Waals surface area (Å²) >= 11 is 0. The molecule has 0 atom stereocenters. The summed E-state index contributed by atoms with van der Waals surface area (Å²) in [6, 6.07) is 18.2. The molecule has 0 bridgehead atoms. The van der Waals surface area contributed by atoms with Crippen molar-refractivity contribution in [2.45, 2.75) is 16.7 Å². The van der Waals surface area contributed by atoms with Gasteiger partial charge in [0.1, 0.15) is 18.0 Å². The minimum absolute atomic E-state index is 0.00728. The first kappa shape index (κ1) is 29.3. The van der Waals surface area contributed by atoms with Crippen molar-refractivity contribution in [3.63, 3.8) is 0 Å². The quantitative estimate of drug-likeness (QED) is 0.361. The number of carbonyl (C=O) groups excluding carboxylic acids is 1. The van der Waals surface area contributed by atoms with Gasteiger partial charge >= 0.3 is 0 Å². The van der Waals surface area contributed by atoms with E-state index in [1.54, 1.807) is 42.5 Å². The molecule has 1 heterocycles. The maximum Gasteiger partial charge on any atom is 0.264 e. The van der Waals surface area contributed by atoms with Crippen LogP contribution < -0.4 is 19.1 Å². The molecule has 1 aliphatic rings. The van der Waals surface area contributed by atoms with E-state index in [4.69, 9.17) is 14.2 Å². The van der Waals surface area contributed by atoms with E-state index in [2.05, 4.69) is 5.32 Å². The van der Waals surface area contributed by atoms with Gasteiger partial charge in [0, 0.05) is 13.1 Å². The Kier molecular flexibility index (Phi) is 9.30. The highest BCUT2D eigenvalue weighted by molar-refractivity contribution is 7.92. The van der Waals surface area contributed by atoms with E-state index in [1.165, 1.54) is 41.7 Å². The van der Waals surface area contributed by atoms with Crippen molar-refractivity contribution in [1.29, 1.82) is 0 Å². The zero-order valence-corrected chi connectivity index (χ0v) is 23.8. The van der Waals surface area contributed by atoms with Crippen LogP contribution in [-0.4, -0.2) is 73.6 Å². The van der Waals surface area contributed by atoms with Crippen molar-refractivity contribution in [3.8, 4) is 11.5 Å². The molecule has 1 fully saturated rings. The summed E-state index contributed by atoms with van der Waals surface area (Å²) in [7, 11) is -6.61. The van der Waals surface area contributed by atoms with Crippen LogP contribution in [0, 0.1) is 0 Å². The highest BCUT2D eigenvalue weighted by atomic mass is 32.2. The zero-order valence-electron chi connectivity index (χ0n) is 22.1. The number of ether oxygens (including phenoxy) is 3. The van der Waals surface area contributed by atoms with Gasteiger partial charge in [-0.3, -0.25) is 9.10 Å². The van der Waals surface area contributed by atoms with Gasteiger partial charge in [-0.1, -0.05) is 18.2 Å². The Hall–Kier alpha value is -3.65. The molecule has 214 valence electrons. The fraction of sp³-hybridized carbons (Fsp3) is 0.296. The molecule has 40 heavy (non-hydrogen) atoms. The molecule has 0 spiro atoms. The molecule has 0 saturated carbocycles. The Balaban J connectivity index is 1.64. The summed E-state index contributed by atoms with van der Waals surface area (Å²) in [6.07, 6.45) is 0. The van der Waals surface area contributed by atoms with E-state index < -0.39 is 32.5 Å². The molecule has 11 nitrogen and oxygen atoms in total. The van der Waals surface area contributed by atoms with Gasteiger partial charge in [-0.25, -0.2) is 16.8 Å². The van der Waals surface area contributed by atoms with Crippen molar-refractivity contribution >= 4 is 37.3 Å². The first-order valence-corrected chi connectivity index (χ1v) is 15.4. The molecule has 3 aromatic rings. The lowest BCUT2D eigenvalue weighted by atomic mass is 10.2. The third-order valence-electron chi connectivity index (χ3n) is 6.11. The number of nitrogens with one attached hydrogen (secondary N) is 1. The number of amides is 1. The first-order chi connectivity index (χ1) is 19.2. The predicted molar refractivity (Wildman–Crippen MR) is 150 cm³/mol. The molecule has 1 aliphatic heterocycles. The zero-order chi connectivity index (χ0) is 28.8. The van der Waals surface area contributed by atoms with Gasteiger partial charge in [-0.05, 0) is 61.5 Å². The van der Waals surface area contributed by atoms with E-state index in [-0.39, 0.29) is 53.2 Å². The third-order valence-corrected chi connectivity index (χ3v) is 9.79. The average molecular weight is 590 g/mol. The number of sulfonamides is 2. The van der Waals surface area contributed by atoms with Crippen LogP contribution in [0.25, 0.3) is 0 Å². The monoisotopic (exact) mass is 589 g/mol. The van der Waals surface area contributed by atoms with Crippen LogP contribution >= 0.6 is 0 Å². The molecule has 1 saturated heterocycles. The van der Waals surface area contributed by atoms with E-state index in [0.717, 1.165) is 4.31 Å². The van der Waals surface area contributed by atoms with E-state index in [9.17, 15) is 21.6 Å². The van der Waals surface area contributed by atoms with Crippen LogP contribution in [0.1, 0.15) is 6.92 Å². The Morgan fingerprint density at radius 2 is 1.62 bits per heavy atom. The highest BCUT2D eigenvalue weighted by Crippen LogP contribution is 2.30. The number of hydrogen-bond acceptors (Lipinski definition) is 8. The van der Waals surface area contributed by atoms with Gasteiger partial charge in [0.15, 0.2) is 0 Å². The summed E-state index contributed by atoms with van der Waals surface area (Å²) < 4.78 is 71.9. The Bertz CT molecular complexity index is 1520. The lowest BCUT2D eigenvalue weighted by Gasteiger charge is -2.26. The first-order valence-electron chi connectivity index (χ1n) is 12.5. The number of nitrogens with zero attached hydrogens (tertiary/aromatic N) is 2. The number of methoxy groups -OCH3 is 1. The summed E-state index contributed by atoms with van der Waals surface area (Å²) in [5, 5.41) is 2.63. The van der Waals surface area contributed by atoms with Crippen LogP contribution in [0.4, 0.5) is 11.4 Å². The standard InChI is InChI=1S/C27H31N3O8S2/c1-3-38-22-11-9-21(10-12-22)30(40(34,35)23-7-5-4-6-8-23)20-27(31)28-25-19-24(13-14-26(25)36-2)39(32,33)29-15-17-37-18-16-29/h4-14,19H,3,15-18,20H2,1-2H3,(H,28,31). The van der Waals surface area contributed by atoms with E-state index >= 15 is 0 Å². The normalized spacial score (nSPS) is 14.3. The second-order valence-corrected chi connectivity index (χ2v) is 12.5. The number of benzene rings is 3. The SMILES string of the molecule is CCOc1ccc(N(CC(=O)Nc2cc(S(=O)(=O)N3CCOCC3)ccc2OC)S(=O)(=O)c2ccccc2)cc1. The lowest BCUT2D eigenvalue weighted by Crippen LogP contribution is -2.40. The molecule has 1 amide bonds. The molecule has 4 rings (SSSR count). The van der Waals surface area contributed by atoms with Gasteiger partial charge in [0.25, 0.3) is 10.0 Å². The molecular weight excluding hydrogens is 558 g/mol. The van der Waals surface area contributed by atoms with E-state index in [0.29, 0.717) is 12.4 Å². The minimum Gasteiger partial charge on any atom is -0.495 e. The van der Waals surface area contributed by atoms with Crippen molar-refractivity contribution in [1.82, 2.24) is 4.31 Å². The smallest absolute Gasteiger partial charge is 0.264 e. The topological polar surface area (TPSA) is 132 Å². The summed E-state index contributed by atoms with van der Waals surface area (Å²) in [5.41, 5.74) is 0.337. The van der Waals surface area contributed by atoms with Crippen LogP contribution in [0.15, 0.2) is 82.6 Å². The molecule has 0 aromatic heterocycles. The largest absolute Gasteiger partial charge is 0.495 e. The third kappa shape index (κ3) is 6.55. The second-order valence-electron chi connectivity index (χ2n) is 8.68. The molecule has 13 heteroatoms. The summed E-state index contributed by atoms with van der Waals surface area (Å²) in [4.78, 5) is 13.3. The van der Waals surface area contributed by atoms with Crippen LogP contribution in [-0.2, 0) is 29.6 Å². The highest BCUT2D eigenvalue weighted by Gasteiger charge is 2.29. The van der Waals surface area contributed by atoms with Crippen molar-refractivity contribution in [2.75, 3.05) is 56.2 Å². The number of anilines is 2. The fourth-order valence-corrected chi connectivity index (χ4v) is 6.99. The number of morpholine rings is 1. The predicted octanol–water partition coefficient (Wildman–Crippen LogP) is 2.95. The minimum atomic E-state index is -4.14. The molecule has 0 unspecified atom stereocenters. The Morgan fingerprint density at radius 3 is 2.25 bits per heavy atom. The van der Waals surface area contributed by atoms with E-state index in [1.807, 2.05) is 6.92 Å². The van der Waals surface area contributed by atoms with Gasteiger partial charge in [-0.2, -0.15) is 4.31 Å². The fourth-order valence-electron chi connectivity index (χ4n) is 4.11. The molecular formula is C27H31N3O8S2. The van der Waals surface area contributed by atoms with Gasteiger partial charge < -0.3 is 19.5 Å². The maximum absolute atomic E-state index is 13.6. The Morgan fingerprint density at radius 1 is 0.950 bits per heavy atom. The summed E-state index contributed by atoms with van der Waals surface area (Å²) in [5.74, 6) is 0.0659. The number of rotatable bonds is 11. The molecule has 3 aromatic carbocycles. The van der Waals surface area contributed by atoms with Crippen molar-refractivity contribution in [3.05, 3.63) is 72.8 Å². The van der Waals surface area contributed by atoms with Gasteiger partial charge in [0.05, 0.1) is 48.1 Å². The van der Waals surface area contributed by atoms with Crippen LogP contribution in [0.5, 0.6) is 11.5 Å². The van der Waals surface area contributed by atoms with Crippen molar-refractivity contribution in [2.24, 2.45) is 0 Å². The molecule has 0 aliphatic carbocycles. The van der Waals surface area contributed by atoms with Gasteiger partial charge in [-0.15, -0.1) is 0 Å². The number of carbonyl (C=O) groups is 1. The maximum atomic E-state index is 13.6.